The zero-order valence-corrected chi connectivity index (χ0v) is 18.9. The summed E-state index contributed by atoms with van der Waals surface area (Å²) >= 11 is 6.30. The summed E-state index contributed by atoms with van der Waals surface area (Å²) in [6.07, 6.45) is 5.36. The second-order valence-electron chi connectivity index (χ2n) is 9.30. The van der Waals surface area contributed by atoms with Gasteiger partial charge in [0, 0.05) is 34.6 Å². The van der Waals surface area contributed by atoms with Crippen LogP contribution in [0.5, 0.6) is 0 Å². The summed E-state index contributed by atoms with van der Waals surface area (Å²) in [7, 11) is 0. The molecule has 1 aliphatic heterocycles. The van der Waals surface area contributed by atoms with Crippen LogP contribution in [0.1, 0.15) is 41.2 Å². The third kappa shape index (κ3) is 3.51. The monoisotopic (exact) mass is 479 g/mol. The Morgan fingerprint density at radius 1 is 1.15 bits per heavy atom. The smallest absolute Gasteiger partial charge is 0.357 e. The zero-order valence-electron chi connectivity index (χ0n) is 18.1. The molecule has 2 saturated carbocycles. The molecule has 3 aliphatic rings. The Morgan fingerprint density at radius 2 is 1.97 bits per heavy atom. The SMILES string of the molecule is O=C(O)c1nn(CC(=O)N2[C@@H]3C[C@@H]3C[C@H]2C(=O)N[C@@H]2C[C@H]2c2ccccc2Cl)c2cnccc12. The highest BCUT2D eigenvalue weighted by Crippen LogP contribution is 2.49. The lowest BCUT2D eigenvalue weighted by atomic mass is 10.1. The second kappa shape index (κ2) is 7.80. The molecule has 34 heavy (non-hydrogen) atoms. The van der Waals surface area contributed by atoms with Crippen molar-refractivity contribution in [2.24, 2.45) is 5.92 Å². The summed E-state index contributed by atoms with van der Waals surface area (Å²) < 4.78 is 1.37. The second-order valence-corrected chi connectivity index (χ2v) is 9.71. The first-order valence-electron chi connectivity index (χ1n) is 11.3. The van der Waals surface area contributed by atoms with Gasteiger partial charge in [-0.1, -0.05) is 29.8 Å². The van der Waals surface area contributed by atoms with Gasteiger partial charge in [0.05, 0.1) is 11.7 Å². The molecular formula is C24H22ClN5O4. The number of piperidine rings is 1. The molecule has 10 heteroatoms. The molecule has 2 aliphatic carbocycles. The lowest BCUT2D eigenvalue weighted by molar-refractivity contribution is -0.140. The molecule has 5 atom stereocenters. The number of carboxylic acids is 1. The first-order chi connectivity index (χ1) is 16.4. The van der Waals surface area contributed by atoms with E-state index < -0.39 is 12.0 Å². The molecule has 174 valence electrons. The maximum atomic E-state index is 13.3. The number of aromatic carboxylic acids is 1. The van der Waals surface area contributed by atoms with Crippen molar-refractivity contribution < 1.29 is 19.5 Å². The van der Waals surface area contributed by atoms with E-state index in [1.165, 1.54) is 17.1 Å². The van der Waals surface area contributed by atoms with Crippen molar-refractivity contribution in [3.8, 4) is 0 Å². The minimum Gasteiger partial charge on any atom is -0.476 e. The van der Waals surface area contributed by atoms with Gasteiger partial charge in [0.1, 0.15) is 12.6 Å². The van der Waals surface area contributed by atoms with Crippen LogP contribution in [-0.2, 0) is 16.1 Å². The van der Waals surface area contributed by atoms with Crippen LogP contribution in [0.15, 0.2) is 42.7 Å². The standard InChI is InChI=1S/C24H22ClN5O4/c25-16-4-2-1-3-13(16)15-9-17(15)27-23(32)19-8-12-7-18(12)30(19)21(31)11-29-20-10-26-6-5-14(20)22(28-29)24(33)34/h1-6,10,12,15,17-19H,7-9,11H2,(H,27,32)(H,33,34)/t12-,15+,17-,18-,19+/m1/s1. The Labute approximate surface area is 199 Å². The van der Waals surface area contributed by atoms with E-state index in [0.29, 0.717) is 28.3 Å². The van der Waals surface area contributed by atoms with Crippen LogP contribution in [0.2, 0.25) is 5.02 Å². The van der Waals surface area contributed by atoms with Crippen molar-refractivity contribution in [1.82, 2.24) is 25.0 Å². The predicted octanol–water partition coefficient (Wildman–Crippen LogP) is 2.44. The summed E-state index contributed by atoms with van der Waals surface area (Å²) in [6, 6.07) is 8.77. The van der Waals surface area contributed by atoms with Gasteiger partial charge < -0.3 is 15.3 Å². The number of fused-ring (bicyclic) bond motifs is 2. The molecule has 0 radical (unpaired) electrons. The predicted molar refractivity (Wildman–Crippen MR) is 122 cm³/mol. The largest absolute Gasteiger partial charge is 0.476 e. The molecule has 2 aromatic heterocycles. The number of carbonyl (C=O) groups excluding carboxylic acids is 2. The molecule has 2 N–H and O–H groups in total. The average molecular weight is 480 g/mol. The number of halogens is 1. The van der Waals surface area contributed by atoms with E-state index in [1.807, 2.05) is 24.3 Å². The number of nitrogens with one attached hydrogen (secondary N) is 1. The molecule has 3 fully saturated rings. The van der Waals surface area contributed by atoms with Crippen LogP contribution in [0, 0.1) is 5.92 Å². The fraction of sp³-hybridized carbons (Fsp3) is 0.375. The number of aromatic nitrogens is 3. The minimum absolute atomic E-state index is 0.0144. The van der Waals surface area contributed by atoms with Gasteiger partial charge in [0.25, 0.3) is 0 Å². The lowest BCUT2D eigenvalue weighted by Gasteiger charge is -2.27. The Hall–Kier alpha value is -3.46. The van der Waals surface area contributed by atoms with Gasteiger partial charge in [-0.2, -0.15) is 5.10 Å². The Kier molecular flexibility index (Phi) is 4.84. The number of nitrogens with zero attached hydrogens (tertiary/aromatic N) is 4. The number of carbonyl (C=O) groups is 3. The van der Waals surface area contributed by atoms with E-state index in [4.69, 9.17) is 11.6 Å². The lowest BCUT2D eigenvalue weighted by Crippen LogP contribution is -2.49. The van der Waals surface area contributed by atoms with Crippen LogP contribution in [0.3, 0.4) is 0 Å². The first-order valence-corrected chi connectivity index (χ1v) is 11.7. The topological polar surface area (TPSA) is 117 Å². The zero-order chi connectivity index (χ0) is 23.6. The number of benzene rings is 1. The maximum absolute atomic E-state index is 13.3. The van der Waals surface area contributed by atoms with Gasteiger partial charge in [-0.3, -0.25) is 19.3 Å². The van der Waals surface area contributed by atoms with E-state index in [0.717, 1.165) is 18.4 Å². The van der Waals surface area contributed by atoms with Crippen LogP contribution in [0.4, 0.5) is 0 Å². The summed E-state index contributed by atoms with van der Waals surface area (Å²) in [5, 5.41) is 17.8. The van der Waals surface area contributed by atoms with Crippen molar-refractivity contribution in [2.45, 2.75) is 49.9 Å². The summed E-state index contributed by atoms with van der Waals surface area (Å²) in [5.41, 5.74) is 1.39. The number of pyridine rings is 1. The molecule has 0 bridgehead atoms. The highest BCUT2D eigenvalue weighted by atomic mass is 35.5. The highest BCUT2D eigenvalue weighted by Gasteiger charge is 2.56. The average Bonchev–Trinajstić information content (AvgIpc) is 3.69. The molecule has 6 rings (SSSR count). The fourth-order valence-electron chi connectivity index (χ4n) is 5.31. The summed E-state index contributed by atoms with van der Waals surface area (Å²) in [5.74, 6) is -1.02. The van der Waals surface area contributed by atoms with Gasteiger partial charge >= 0.3 is 5.97 Å². The van der Waals surface area contributed by atoms with E-state index >= 15 is 0 Å². The number of carboxylic acid groups (broad SMARTS) is 1. The summed E-state index contributed by atoms with van der Waals surface area (Å²) in [4.78, 5) is 43.8. The van der Waals surface area contributed by atoms with Gasteiger partial charge in [-0.15, -0.1) is 0 Å². The Bertz CT molecular complexity index is 1340. The number of hydrogen-bond acceptors (Lipinski definition) is 5. The van der Waals surface area contributed by atoms with E-state index in [1.54, 1.807) is 11.0 Å². The van der Waals surface area contributed by atoms with Crippen molar-refractivity contribution in [3.05, 3.63) is 59.0 Å². The number of hydrogen-bond donors (Lipinski definition) is 2. The van der Waals surface area contributed by atoms with Gasteiger partial charge in [-0.25, -0.2) is 4.79 Å². The molecule has 0 spiro atoms. The van der Waals surface area contributed by atoms with Gasteiger partial charge in [0.15, 0.2) is 5.69 Å². The molecule has 3 aromatic rings. The van der Waals surface area contributed by atoms with Gasteiger partial charge in [0.2, 0.25) is 11.8 Å². The molecule has 9 nitrogen and oxygen atoms in total. The van der Waals surface area contributed by atoms with Crippen molar-refractivity contribution in [1.29, 1.82) is 0 Å². The quantitative estimate of drug-likeness (QED) is 0.560. The molecule has 1 saturated heterocycles. The van der Waals surface area contributed by atoms with Crippen LogP contribution in [0.25, 0.3) is 10.9 Å². The van der Waals surface area contributed by atoms with Gasteiger partial charge in [-0.05, 0) is 42.9 Å². The maximum Gasteiger partial charge on any atom is 0.357 e. The normalized spacial score (nSPS) is 26.9. The van der Waals surface area contributed by atoms with Crippen LogP contribution >= 0.6 is 11.6 Å². The number of likely N-dealkylation sites (tertiary alicyclic amines) is 1. The molecule has 0 unspecified atom stereocenters. The minimum atomic E-state index is -1.17. The molecular weight excluding hydrogens is 458 g/mol. The number of amides is 2. The van der Waals surface area contributed by atoms with E-state index in [-0.39, 0.29) is 42.1 Å². The third-order valence-electron chi connectivity index (χ3n) is 7.16. The first kappa shape index (κ1) is 21.1. The van der Waals surface area contributed by atoms with Crippen LogP contribution in [-0.4, -0.2) is 60.7 Å². The van der Waals surface area contributed by atoms with Crippen molar-refractivity contribution in [3.63, 3.8) is 0 Å². The van der Waals surface area contributed by atoms with Crippen LogP contribution < -0.4 is 5.32 Å². The fourth-order valence-corrected chi connectivity index (χ4v) is 5.59. The Morgan fingerprint density at radius 3 is 2.76 bits per heavy atom. The Balaban J connectivity index is 1.17. The van der Waals surface area contributed by atoms with Crippen molar-refractivity contribution >= 4 is 40.3 Å². The third-order valence-corrected chi connectivity index (χ3v) is 7.50. The summed E-state index contributed by atoms with van der Waals surface area (Å²) in [6.45, 7) is -0.145. The molecule has 3 heterocycles. The van der Waals surface area contributed by atoms with E-state index in [9.17, 15) is 19.5 Å². The van der Waals surface area contributed by atoms with Crippen molar-refractivity contribution in [2.75, 3.05) is 0 Å². The molecule has 2 amide bonds. The molecule has 1 aromatic carbocycles. The highest BCUT2D eigenvalue weighted by molar-refractivity contribution is 6.31. The number of rotatable bonds is 6. The van der Waals surface area contributed by atoms with E-state index in [2.05, 4.69) is 15.4 Å².